The van der Waals surface area contributed by atoms with E-state index in [1.54, 1.807) is 97.9 Å². The van der Waals surface area contributed by atoms with Crippen molar-refractivity contribution in [2.75, 3.05) is 6.61 Å². The van der Waals surface area contributed by atoms with E-state index in [2.05, 4.69) is 5.32 Å². The van der Waals surface area contributed by atoms with Gasteiger partial charge in [-0.25, -0.2) is 19.2 Å². The van der Waals surface area contributed by atoms with Crippen LogP contribution in [-0.4, -0.2) is 131 Å². The molecule has 4 fully saturated rings. The number of ketones is 1. The molecule has 1 aromatic rings. The molecule has 5 aliphatic rings. The fraction of sp³-hybridized carbons (Fsp3) is 0.707. The van der Waals surface area contributed by atoms with Crippen LogP contribution in [0, 0.1) is 16.7 Å². The van der Waals surface area contributed by atoms with E-state index in [1.165, 1.54) is 13.8 Å². The van der Waals surface area contributed by atoms with Gasteiger partial charge in [0.15, 0.2) is 50.2 Å². The first-order valence-corrected chi connectivity index (χ1v) is 32.5. The van der Waals surface area contributed by atoms with Crippen LogP contribution in [0.25, 0.3) is 0 Å². The summed E-state index contributed by atoms with van der Waals surface area (Å²) in [5, 5.41) is 2.85. The molecule has 12 atom stereocenters. The van der Waals surface area contributed by atoms with Gasteiger partial charge >= 0.3 is 36.1 Å². The molecule has 20 heteroatoms. The third-order valence-corrected chi connectivity index (χ3v) is 28.6. The summed E-state index contributed by atoms with van der Waals surface area (Å²) in [6.45, 7) is 33.9. The largest absolute Gasteiger partial charge is 0.509 e. The smallest absolute Gasteiger partial charge is 0.454 e. The van der Waals surface area contributed by atoms with Crippen LogP contribution in [-0.2, 0) is 65.9 Å². The molecule has 2 heterocycles. The maximum absolute atomic E-state index is 16.8. The zero-order chi connectivity index (χ0) is 58.5. The zero-order valence-electron chi connectivity index (χ0n) is 49.4. The number of carbonyl (C=O) groups is 7. The van der Waals surface area contributed by atoms with Crippen LogP contribution < -0.4 is 5.32 Å². The first kappa shape index (κ1) is 62.3. The maximum Gasteiger partial charge on any atom is 0.509 e. The number of hydrogen-bond acceptors (Lipinski definition) is 17. The van der Waals surface area contributed by atoms with E-state index in [4.69, 9.17) is 46.7 Å². The zero-order valence-corrected chi connectivity index (χ0v) is 51.4. The molecule has 2 unspecified atom stereocenters. The molecule has 1 N–H and O–H groups in total. The van der Waals surface area contributed by atoms with Crippen LogP contribution in [0.15, 0.2) is 53.6 Å². The number of amides is 1. The monoisotopic (exact) mass is 1130 g/mol. The molecule has 0 radical (unpaired) electrons. The molecule has 0 aromatic heterocycles. The van der Waals surface area contributed by atoms with Crippen molar-refractivity contribution < 1.29 is 80.3 Å². The lowest BCUT2D eigenvalue weighted by atomic mass is 9.44. The molecule has 78 heavy (non-hydrogen) atoms. The molecule has 2 aliphatic heterocycles. The minimum Gasteiger partial charge on any atom is -0.454 e. The van der Waals surface area contributed by atoms with Crippen molar-refractivity contribution in [3.63, 3.8) is 0 Å². The maximum atomic E-state index is 16.8. The number of nitrogens with one attached hydrogen (secondary N) is 1. The van der Waals surface area contributed by atoms with Gasteiger partial charge in [0.2, 0.25) is 13.9 Å². The summed E-state index contributed by atoms with van der Waals surface area (Å²) in [5.41, 5.74) is -8.54. The van der Waals surface area contributed by atoms with Crippen LogP contribution in [0.2, 0.25) is 34.8 Å². The second-order valence-electron chi connectivity index (χ2n) is 24.6. The molecule has 434 valence electrons. The topological polar surface area (TPSA) is 224 Å². The van der Waals surface area contributed by atoms with Crippen LogP contribution in [0.5, 0.6) is 0 Å². The minimum absolute atomic E-state index is 0.0430. The Morgan fingerprint density at radius 3 is 1.94 bits per heavy atom. The molecular formula is C58H87NO17Si2. The number of fused-ring (bicyclic) bond motifs is 4. The first-order chi connectivity index (χ1) is 36.2. The van der Waals surface area contributed by atoms with Crippen molar-refractivity contribution in [3.05, 3.63) is 59.2 Å². The van der Waals surface area contributed by atoms with Gasteiger partial charge in [0.1, 0.15) is 11.7 Å². The molecule has 2 saturated heterocycles. The summed E-state index contributed by atoms with van der Waals surface area (Å²) in [6.07, 6.45) is -9.34. The van der Waals surface area contributed by atoms with Gasteiger partial charge in [-0.1, -0.05) is 107 Å². The number of benzene rings is 1. The van der Waals surface area contributed by atoms with Gasteiger partial charge in [-0.2, -0.15) is 0 Å². The van der Waals surface area contributed by atoms with Crippen molar-refractivity contribution in [2.24, 2.45) is 16.7 Å². The van der Waals surface area contributed by atoms with E-state index in [0.717, 1.165) is 0 Å². The highest BCUT2D eigenvalue weighted by atomic mass is 28.4. The number of Topliss-reactive ketones (excluding diaryl/α,β-unsaturated/α-hetero) is 1. The highest BCUT2D eigenvalue weighted by Crippen LogP contribution is 2.67. The van der Waals surface area contributed by atoms with Gasteiger partial charge in [0, 0.05) is 25.7 Å². The second kappa shape index (κ2) is 22.9. The van der Waals surface area contributed by atoms with E-state index < -0.39 is 141 Å². The van der Waals surface area contributed by atoms with Crippen molar-refractivity contribution in [1.82, 2.24) is 5.32 Å². The highest BCUT2D eigenvalue weighted by molar-refractivity contribution is 6.77. The number of rotatable bonds is 19. The molecule has 18 nitrogen and oxygen atoms in total. The highest BCUT2D eigenvalue weighted by Gasteiger charge is 2.83. The first-order valence-electron chi connectivity index (χ1n) is 27.8. The average molecular weight is 1130 g/mol. The third-order valence-electron chi connectivity index (χ3n) is 17.9. The van der Waals surface area contributed by atoms with Gasteiger partial charge < -0.3 is 52.1 Å². The van der Waals surface area contributed by atoms with Crippen LogP contribution in [0.4, 0.5) is 9.59 Å². The van der Waals surface area contributed by atoms with Crippen LogP contribution in [0.3, 0.4) is 0 Å². The predicted octanol–water partition coefficient (Wildman–Crippen LogP) is 10.4. The van der Waals surface area contributed by atoms with Crippen molar-refractivity contribution in [3.8, 4) is 0 Å². The Hall–Kier alpha value is -4.90. The quantitative estimate of drug-likeness (QED) is 0.0588. The SMILES string of the molecule is C/C=C/[C@H](NC(=O)OC(C)(C)C)[C@@H](O[Si](C(C)C)(C(C)C)C(C)C)C(=O)O[C@@H]1C(C)=C2[C@@H](OC(C)=O)C(=O)[C@@]3(C)C(C(OC(=O)c4ccccc4)[C@@]4(OC(=O)O[C@@H]14)C2(C)C)[C@]1(OC(C)=O)CO[C@@H]1C[C@@H]3O[Si](CC)(CC)CC. The average Bonchev–Trinajstić information content (AvgIpc) is 3.87. The van der Waals surface area contributed by atoms with Crippen molar-refractivity contribution in [2.45, 2.75) is 238 Å². The standard InChI is InChI=1S/C58H87NO17Si2/c1-20-27-39(59-52(65)73-54(14,15)16)44(76-78(32(5)6,33(7)8)34(9)10)51(64)69-43-35(11)42-45(68-36(12)60)47(62)56(19)40(75-77(21-2,22-3)23-4)30-41-57(31-67-41,72-37(13)61)46(56)49(70-50(63)38-28-25-24-26-29-38)58(55(42,17)18)48(43)71-53(66)74-58/h20,24-29,32-34,39-41,43-46,48-49H,21-23,30-31H2,1-19H3,(H,59,65)/b27-20+/t39-,40-,41+,43+,44+,45+,46?,48-,49?,56+,57-,58+/m0/s1. The molecule has 1 aromatic carbocycles. The molecule has 6 rings (SSSR count). The Morgan fingerprint density at radius 2 is 1.45 bits per heavy atom. The Bertz CT molecular complexity index is 2490. The molecule has 1 amide bonds. The fourth-order valence-electron chi connectivity index (χ4n) is 14.2. The number of esters is 4. The molecule has 2 bridgehead atoms. The number of carbonyl (C=O) groups excluding carboxylic acids is 7. The van der Waals surface area contributed by atoms with Gasteiger partial charge in [-0.3, -0.25) is 14.4 Å². The summed E-state index contributed by atoms with van der Waals surface area (Å²) in [5.74, 6) is -5.67. The second-order valence-corrected chi connectivity index (χ2v) is 34.7. The van der Waals surface area contributed by atoms with Gasteiger partial charge in [-0.15, -0.1) is 0 Å². The lowest BCUT2D eigenvalue weighted by molar-refractivity contribution is -0.344. The molecular weight excluding hydrogens is 1040 g/mol. The Labute approximate surface area is 463 Å². The summed E-state index contributed by atoms with van der Waals surface area (Å²) < 4.78 is 66.4. The van der Waals surface area contributed by atoms with Crippen molar-refractivity contribution in [1.29, 1.82) is 0 Å². The lowest BCUT2D eigenvalue weighted by Gasteiger charge is -2.68. The van der Waals surface area contributed by atoms with Crippen molar-refractivity contribution >= 4 is 58.5 Å². The van der Waals surface area contributed by atoms with Gasteiger partial charge in [0.05, 0.1) is 35.6 Å². The summed E-state index contributed by atoms with van der Waals surface area (Å²) in [4.78, 5) is 104. The van der Waals surface area contributed by atoms with E-state index in [-0.39, 0.29) is 46.4 Å². The number of allylic oxidation sites excluding steroid dienone is 1. The molecule has 2 saturated carbocycles. The van der Waals surface area contributed by atoms with E-state index in [0.29, 0.717) is 18.1 Å². The molecule has 1 spiro atoms. The Balaban J connectivity index is 1.73. The van der Waals surface area contributed by atoms with Gasteiger partial charge in [-0.05, 0) is 99.6 Å². The summed E-state index contributed by atoms with van der Waals surface area (Å²) in [7, 11) is -5.80. The van der Waals surface area contributed by atoms with E-state index in [9.17, 15) is 19.2 Å². The normalized spacial score (nSPS) is 30.4. The number of alkyl carbamates (subject to hydrolysis) is 1. The number of hydrogen-bond donors (Lipinski definition) is 1. The lowest BCUT2D eigenvalue weighted by Crippen LogP contribution is -2.83. The third kappa shape index (κ3) is 10.7. The Kier molecular flexibility index (Phi) is 18.3. The van der Waals surface area contributed by atoms with Crippen LogP contribution in [0.1, 0.15) is 148 Å². The summed E-state index contributed by atoms with van der Waals surface area (Å²) in [6, 6.07) is 8.88. The van der Waals surface area contributed by atoms with Crippen LogP contribution >= 0.6 is 0 Å². The summed E-state index contributed by atoms with van der Waals surface area (Å²) >= 11 is 0. The van der Waals surface area contributed by atoms with Gasteiger partial charge in [0.25, 0.3) is 0 Å². The predicted molar refractivity (Wildman–Crippen MR) is 293 cm³/mol. The Morgan fingerprint density at radius 1 is 0.859 bits per heavy atom. The molecule has 3 aliphatic carbocycles. The number of ether oxygens (including phenoxy) is 8. The van der Waals surface area contributed by atoms with E-state index in [1.807, 2.05) is 62.3 Å². The van der Waals surface area contributed by atoms with E-state index >= 15 is 14.4 Å². The minimum atomic E-state index is -3.09. The fourth-order valence-corrected chi connectivity index (χ4v) is 22.6.